The summed E-state index contributed by atoms with van der Waals surface area (Å²) >= 11 is 2.84. The van der Waals surface area contributed by atoms with Crippen molar-refractivity contribution in [2.45, 2.75) is 19.4 Å². The normalized spacial score (nSPS) is 12.5. The number of thioether (sulfide) groups is 1. The second-order valence-electron chi connectivity index (χ2n) is 3.02. The molecule has 1 atom stereocenters. The van der Waals surface area contributed by atoms with Gasteiger partial charge in [0.25, 0.3) is 0 Å². The fourth-order valence-electron chi connectivity index (χ4n) is 0.922. The molecule has 0 fully saturated rings. The highest BCUT2D eigenvalue weighted by Crippen LogP contribution is 2.10. The number of nitrogens with zero attached hydrogens (tertiary/aromatic N) is 2. The summed E-state index contributed by atoms with van der Waals surface area (Å²) in [6.45, 7) is 1.78. The summed E-state index contributed by atoms with van der Waals surface area (Å²) in [5, 5.41) is 3.15. The summed E-state index contributed by atoms with van der Waals surface area (Å²) in [5.41, 5.74) is 5.69. The molecular weight excluding hydrogens is 232 g/mol. The van der Waals surface area contributed by atoms with E-state index in [1.807, 2.05) is 6.26 Å². The monoisotopic (exact) mass is 246 g/mol. The lowest BCUT2D eigenvalue weighted by atomic mass is 10.2. The molecular formula is C8H14N4OS2. The van der Waals surface area contributed by atoms with Crippen LogP contribution in [0.15, 0.2) is 0 Å². The Morgan fingerprint density at radius 1 is 1.73 bits per heavy atom. The second-order valence-corrected chi connectivity index (χ2v) is 4.76. The van der Waals surface area contributed by atoms with Gasteiger partial charge in [0.2, 0.25) is 11.0 Å². The maximum Gasteiger partial charge on any atom is 0.243 e. The van der Waals surface area contributed by atoms with Crippen molar-refractivity contribution < 1.29 is 4.79 Å². The van der Waals surface area contributed by atoms with Crippen LogP contribution >= 0.6 is 23.3 Å². The largest absolute Gasteiger partial charge is 0.320 e. The summed E-state index contributed by atoms with van der Waals surface area (Å²) in [6.07, 6.45) is 2.66. The van der Waals surface area contributed by atoms with Crippen molar-refractivity contribution >= 4 is 34.3 Å². The third-order valence-electron chi connectivity index (χ3n) is 1.73. The number of carbonyl (C=O) groups excluding carboxylic acids is 1. The Hall–Kier alpha value is -0.660. The van der Waals surface area contributed by atoms with Crippen LogP contribution in [0, 0.1) is 6.92 Å². The summed E-state index contributed by atoms with van der Waals surface area (Å²) in [5.74, 6) is 1.34. The smallest absolute Gasteiger partial charge is 0.243 e. The Balaban J connectivity index is 2.41. The van der Waals surface area contributed by atoms with Crippen molar-refractivity contribution in [2.75, 3.05) is 17.3 Å². The van der Waals surface area contributed by atoms with Gasteiger partial charge in [-0.25, -0.2) is 4.98 Å². The number of rotatable bonds is 5. The number of aryl methyl sites for hydroxylation is 1. The fraction of sp³-hybridized carbons (Fsp3) is 0.625. The molecule has 1 aromatic heterocycles. The lowest BCUT2D eigenvalue weighted by Gasteiger charge is -2.08. The molecule has 0 aliphatic carbocycles. The van der Waals surface area contributed by atoms with Gasteiger partial charge in [0.1, 0.15) is 5.82 Å². The van der Waals surface area contributed by atoms with Gasteiger partial charge in [0, 0.05) is 11.5 Å². The van der Waals surface area contributed by atoms with Crippen LogP contribution in [0.1, 0.15) is 12.2 Å². The standard InChI is InChI=1S/C8H14N4OS2/c1-5-10-8(15-12-5)11-7(13)6(9)3-4-14-2/h6H,3-4,9H2,1-2H3,(H,10,11,12,13)/t6-/m0/s1. The first-order valence-electron chi connectivity index (χ1n) is 4.49. The van der Waals surface area contributed by atoms with Crippen molar-refractivity contribution in [3.05, 3.63) is 5.82 Å². The highest BCUT2D eigenvalue weighted by Gasteiger charge is 2.14. The summed E-state index contributed by atoms with van der Waals surface area (Å²) in [6, 6.07) is -0.471. The molecule has 0 saturated carbocycles. The van der Waals surface area contributed by atoms with E-state index in [4.69, 9.17) is 5.73 Å². The quantitative estimate of drug-likeness (QED) is 0.805. The maximum atomic E-state index is 11.5. The van der Waals surface area contributed by atoms with E-state index in [-0.39, 0.29) is 5.91 Å². The average molecular weight is 246 g/mol. The molecule has 0 bridgehead atoms. The van der Waals surface area contributed by atoms with Crippen LogP contribution in [0.2, 0.25) is 0 Å². The highest BCUT2D eigenvalue weighted by atomic mass is 32.2. The van der Waals surface area contributed by atoms with E-state index in [0.29, 0.717) is 17.4 Å². The number of carbonyl (C=O) groups is 1. The summed E-state index contributed by atoms with van der Waals surface area (Å²) in [4.78, 5) is 15.5. The summed E-state index contributed by atoms with van der Waals surface area (Å²) in [7, 11) is 0. The minimum absolute atomic E-state index is 0.194. The number of hydrogen-bond donors (Lipinski definition) is 2. The maximum absolute atomic E-state index is 11.5. The Morgan fingerprint density at radius 2 is 2.47 bits per heavy atom. The van der Waals surface area contributed by atoms with E-state index >= 15 is 0 Å². The van der Waals surface area contributed by atoms with Crippen molar-refractivity contribution in [3.8, 4) is 0 Å². The number of nitrogens with one attached hydrogen (secondary N) is 1. The molecule has 0 aromatic carbocycles. The first-order chi connectivity index (χ1) is 7.13. The molecule has 7 heteroatoms. The third kappa shape index (κ3) is 4.15. The molecule has 1 amide bonds. The zero-order valence-corrected chi connectivity index (χ0v) is 10.3. The minimum Gasteiger partial charge on any atom is -0.320 e. The van der Waals surface area contributed by atoms with Gasteiger partial charge in [0.15, 0.2) is 0 Å². The van der Waals surface area contributed by atoms with Gasteiger partial charge >= 0.3 is 0 Å². The zero-order chi connectivity index (χ0) is 11.3. The first kappa shape index (κ1) is 12.4. The van der Waals surface area contributed by atoms with Gasteiger partial charge in [0.05, 0.1) is 6.04 Å². The van der Waals surface area contributed by atoms with Gasteiger partial charge in [-0.05, 0) is 25.4 Å². The van der Waals surface area contributed by atoms with Crippen molar-refractivity contribution in [1.29, 1.82) is 0 Å². The van der Waals surface area contributed by atoms with Crippen LogP contribution in [0.25, 0.3) is 0 Å². The van der Waals surface area contributed by atoms with Gasteiger partial charge in [-0.2, -0.15) is 16.1 Å². The van der Waals surface area contributed by atoms with Crippen LogP contribution in [0.4, 0.5) is 5.13 Å². The topological polar surface area (TPSA) is 80.9 Å². The zero-order valence-electron chi connectivity index (χ0n) is 8.69. The van der Waals surface area contributed by atoms with Gasteiger partial charge in [-0.15, -0.1) is 0 Å². The first-order valence-corrected chi connectivity index (χ1v) is 6.66. The molecule has 0 saturated heterocycles. The van der Waals surface area contributed by atoms with Crippen LogP contribution in [0.3, 0.4) is 0 Å². The van der Waals surface area contributed by atoms with E-state index in [1.165, 1.54) is 11.5 Å². The Kier molecular flexibility index (Phi) is 5.00. The third-order valence-corrected chi connectivity index (χ3v) is 3.09. The van der Waals surface area contributed by atoms with Crippen LogP contribution < -0.4 is 11.1 Å². The van der Waals surface area contributed by atoms with Crippen molar-refractivity contribution in [2.24, 2.45) is 5.73 Å². The molecule has 3 N–H and O–H groups in total. The molecule has 1 rings (SSSR count). The Labute approximate surface area is 97.0 Å². The SMILES string of the molecule is CSCC[C@H](N)C(=O)Nc1nc(C)ns1. The highest BCUT2D eigenvalue weighted by molar-refractivity contribution is 7.98. The molecule has 1 aromatic rings. The molecule has 1 heterocycles. The lowest BCUT2D eigenvalue weighted by molar-refractivity contribution is -0.117. The molecule has 0 aliphatic heterocycles. The predicted molar refractivity (Wildman–Crippen MR) is 64.3 cm³/mol. The van der Waals surface area contributed by atoms with Crippen LogP contribution in [-0.4, -0.2) is 33.3 Å². The summed E-state index contributed by atoms with van der Waals surface area (Å²) < 4.78 is 3.96. The van der Waals surface area contributed by atoms with E-state index in [0.717, 1.165) is 5.75 Å². The molecule has 0 unspecified atom stereocenters. The van der Waals surface area contributed by atoms with Gasteiger partial charge in [-0.3, -0.25) is 10.1 Å². The van der Waals surface area contributed by atoms with Gasteiger partial charge < -0.3 is 5.73 Å². The predicted octanol–water partition coefficient (Wildman–Crippen LogP) is 0.865. The molecule has 84 valence electrons. The lowest BCUT2D eigenvalue weighted by Crippen LogP contribution is -2.36. The Morgan fingerprint density at radius 3 is 3.00 bits per heavy atom. The minimum atomic E-state index is -0.471. The van der Waals surface area contributed by atoms with Gasteiger partial charge in [-0.1, -0.05) is 0 Å². The van der Waals surface area contributed by atoms with E-state index in [2.05, 4.69) is 14.7 Å². The van der Waals surface area contributed by atoms with E-state index in [9.17, 15) is 4.79 Å². The van der Waals surface area contributed by atoms with E-state index in [1.54, 1.807) is 18.7 Å². The molecule has 15 heavy (non-hydrogen) atoms. The number of anilines is 1. The number of aromatic nitrogens is 2. The van der Waals surface area contributed by atoms with Crippen molar-refractivity contribution in [1.82, 2.24) is 9.36 Å². The number of nitrogens with two attached hydrogens (primary N) is 1. The molecule has 0 spiro atoms. The number of hydrogen-bond acceptors (Lipinski definition) is 6. The fourth-order valence-corrected chi connectivity index (χ4v) is 1.99. The molecule has 0 aliphatic rings. The van der Waals surface area contributed by atoms with Crippen LogP contribution in [-0.2, 0) is 4.79 Å². The molecule has 0 radical (unpaired) electrons. The Bertz CT molecular complexity index is 328. The van der Waals surface area contributed by atoms with E-state index < -0.39 is 6.04 Å². The van der Waals surface area contributed by atoms with Crippen molar-refractivity contribution in [3.63, 3.8) is 0 Å². The average Bonchev–Trinajstić information content (AvgIpc) is 2.60. The second kappa shape index (κ2) is 6.04. The molecule has 5 nitrogen and oxygen atoms in total. The number of amides is 1. The van der Waals surface area contributed by atoms with Crippen LogP contribution in [0.5, 0.6) is 0 Å².